The van der Waals surface area contributed by atoms with Gasteiger partial charge < -0.3 is 4.74 Å². The number of cyclic esters (lactones) is 1. The van der Waals surface area contributed by atoms with E-state index < -0.39 is 0 Å². The summed E-state index contributed by atoms with van der Waals surface area (Å²) in [6.45, 7) is 1.69. The molecular weight excluding hydrogens is 259 g/mol. The molecule has 0 aliphatic carbocycles. The standard InChI is InChI=1S/C13H12Cl2O2/c1-8(15)11-10(7-14)12(17-13(11)16)9-5-3-2-4-6-9/h2-6,10,12H,7H2,1H3/b11-8+/t10-,12-/m1/s1. The van der Waals surface area contributed by atoms with Crippen molar-refractivity contribution in [2.75, 3.05) is 5.88 Å². The molecule has 1 aliphatic heterocycles. The van der Waals surface area contributed by atoms with Gasteiger partial charge in [0, 0.05) is 16.8 Å². The zero-order valence-corrected chi connectivity index (χ0v) is 10.8. The quantitative estimate of drug-likeness (QED) is 0.466. The van der Waals surface area contributed by atoms with Crippen molar-refractivity contribution >= 4 is 29.2 Å². The number of hydrogen-bond acceptors (Lipinski definition) is 2. The van der Waals surface area contributed by atoms with Crippen LogP contribution < -0.4 is 0 Å². The Morgan fingerprint density at radius 3 is 2.53 bits per heavy atom. The van der Waals surface area contributed by atoms with Crippen LogP contribution in [0.5, 0.6) is 0 Å². The van der Waals surface area contributed by atoms with Crippen LogP contribution in [0.15, 0.2) is 40.9 Å². The molecule has 17 heavy (non-hydrogen) atoms. The van der Waals surface area contributed by atoms with Crippen molar-refractivity contribution in [1.82, 2.24) is 0 Å². The average Bonchev–Trinajstić information content (AvgIpc) is 2.67. The second-order valence-electron chi connectivity index (χ2n) is 3.94. The van der Waals surface area contributed by atoms with E-state index in [1.54, 1.807) is 6.92 Å². The second-order valence-corrected chi connectivity index (χ2v) is 4.82. The molecule has 0 amide bonds. The highest BCUT2D eigenvalue weighted by molar-refractivity contribution is 6.31. The van der Waals surface area contributed by atoms with Gasteiger partial charge in [-0.2, -0.15) is 0 Å². The average molecular weight is 271 g/mol. The lowest BCUT2D eigenvalue weighted by molar-refractivity contribution is -0.139. The summed E-state index contributed by atoms with van der Waals surface area (Å²) in [5.41, 5.74) is 1.44. The number of ether oxygens (including phenoxy) is 1. The molecule has 1 fully saturated rings. The molecule has 2 rings (SSSR count). The molecule has 0 unspecified atom stereocenters. The van der Waals surface area contributed by atoms with Crippen molar-refractivity contribution in [3.05, 3.63) is 46.5 Å². The topological polar surface area (TPSA) is 26.3 Å². The molecule has 0 bridgehead atoms. The molecule has 2 nitrogen and oxygen atoms in total. The SMILES string of the molecule is C/C(Cl)=C1\C(=O)O[C@H](c2ccccc2)[C@@H]1CCl. The smallest absolute Gasteiger partial charge is 0.336 e. The highest BCUT2D eigenvalue weighted by Crippen LogP contribution is 2.41. The Hall–Kier alpha value is -0.990. The Morgan fingerprint density at radius 2 is 2.00 bits per heavy atom. The number of esters is 1. The molecule has 0 aromatic heterocycles. The summed E-state index contributed by atoms with van der Waals surface area (Å²) in [6.07, 6.45) is -0.329. The van der Waals surface area contributed by atoms with Crippen LogP contribution in [0.1, 0.15) is 18.6 Å². The fraction of sp³-hybridized carbons (Fsp3) is 0.308. The summed E-state index contributed by atoms with van der Waals surface area (Å²) < 4.78 is 5.36. The van der Waals surface area contributed by atoms with Crippen molar-refractivity contribution in [3.63, 3.8) is 0 Å². The summed E-state index contributed by atoms with van der Waals surface area (Å²) in [4.78, 5) is 11.7. The third-order valence-electron chi connectivity index (χ3n) is 2.86. The molecule has 0 N–H and O–H groups in total. The summed E-state index contributed by atoms with van der Waals surface area (Å²) in [7, 11) is 0. The third kappa shape index (κ3) is 2.33. The van der Waals surface area contributed by atoms with Crippen molar-refractivity contribution in [1.29, 1.82) is 0 Å². The molecule has 0 spiro atoms. The first-order valence-electron chi connectivity index (χ1n) is 5.33. The largest absolute Gasteiger partial charge is 0.453 e. The number of carbonyl (C=O) groups is 1. The maximum absolute atomic E-state index is 11.7. The second kappa shape index (κ2) is 5.11. The van der Waals surface area contributed by atoms with Gasteiger partial charge in [-0.25, -0.2) is 4.79 Å². The van der Waals surface area contributed by atoms with Crippen LogP contribution in [-0.2, 0) is 9.53 Å². The van der Waals surface area contributed by atoms with Gasteiger partial charge in [-0.1, -0.05) is 41.9 Å². The van der Waals surface area contributed by atoms with E-state index in [0.29, 0.717) is 16.5 Å². The van der Waals surface area contributed by atoms with Crippen LogP contribution in [-0.4, -0.2) is 11.8 Å². The van der Waals surface area contributed by atoms with E-state index in [0.717, 1.165) is 5.56 Å². The fourth-order valence-electron chi connectivity index (χ4n) is 2.06. The maximum Gasteiger partial charge on any atom is 0.336 e. The molecule has 1 saturated heterocycles. The first-order valence-corrected chi connectivity index (χ1v) is 6.24. The van der Waals surface area contributed by atoms with Gasteiger partial charge in [0.15, 0.2) is 0 Å². The van der Waals surface area contributed by atoms with Gasteiger partial charge >= 0.3 is 5.97 Å². The molecule has 1 aromatic rings. The van der Waals surface area contributed by atoms with E-state index in [4.69, 9.17) is 27.9 Å². The fourth-order valence-corrected chi connectivity index (χ4v) is 2.59. The number of benzene rings is 1. The van der Waals surface area contributed by atoms with E-state index in [1.165, 1.54) is 0 Å². The zero-order valence-electron chi connectivity index (χ0n) is 9.32. The summed E-state index contributed by atoms with van der Waals surface area (Å²) in [5, 5.41) is 0.457. The number of hydrogen-bond donors (Lipinski definition) is 0. The van der Waals surface area contributed by atoms with Gasteiger partial charge in [-0.15, -0.1) is 11.6 Å². The lowest BCUT2D eigenvalue weighted by atomic mass is 9.93. The molecule has 0 saturated carbocycles. The Labute approximate surface area is 110 Å². The number of alkyl halides is 1. The van der Waals surface area contributed by atoms with Crippen molar-refractivity contribution < 1.29 is 9.53 Å². The van der Waals surface area contributed by atoms with E-state index >= 15 is 0 Å². The van der Waals surface area contributed by atoms with Crippen molar-refractivity contribution in [2.24, 2.45) is 5.92 Å². The number of allylic oxidation sites excluding steroid dienone is 1. The zero-order chi connectivity index (χ0) is 12.4. The lowest BCUT2D eigenvalue weighted by Gasteiger charge is -2.15. The van der Waals surface area contributed by atoms with Gasteiger partial charge in [-0.05, 0) is 12.5 Å². The van der Waals surface area contributed by atoms with Crippen LogP contribution in [0.3, 0.4) is 0 Å². The highest BCUT2D eigenvalue weighted by atomic mass is 35.5. The molecule has 2 atom stereocenters. The lowest BCUT2D eigenvalue weighted by Crippen LogP contribution is -2.11. The van der Waals surface area contributed by atoms with Gasteiger partial charge in [0.1, 0.15) is 6.10 Å². The van der Waals surface area contributed by atoms with E-state index in [9.17, 15) is 4.79 Å². The number of carbonyl (C=O) groups excluding carboxylic acids is 1. The van der Waals surface area contributed by atoms with Gasteiger partial charge in [0.05, 0.1) is 5.57 Å². The molecule has 1 aromatic carbocycles. The molecule has 1 heterocycles. The number of halogens is 2. The van der Waals surface area contributed by atoms with E-state index in [-0.39, 0.29) is 18.0 Å². The van der Waals surface area contributed by atoms with Gasteiger partial charge in [0.2, 0.25) is 0 Å². The van der Waals surface area contributed by atoms with E-state index in [1.807, 2.05) is 30.3 Å². The van der Waals surface area contributed by atoms with E-state index in [2.05, 4.69) is 0 Å². The highest BCUT2D eigenvalue weighted by Gasteiger charge is 2.41. The van der Waals surface area contributed by atoms with Crippen LogP contribution in [0.25, 0.3) is 0 Å². The Bertz CT molecular complexity index is 450. The molecule has 4 heteroatoms. The Morgan fingerprint density at radius 1 is 1.35 bits per heavy atom. The maximum atomic E-state index is 11.7. The predicted molar refractivity (Wildman–Crippen MR) is 68.0 cm³/mol. The summed E-state index contributed by atoms with van der Waals surface area (Å²) in [5.74, 6) is -0.230. The third-order valence-corrected chi connectivity index (χ3v) is 3.39. The Kier molecular flexibility index (Phi) is 3.75. The minimum Gasteiger partial charge on any atom is -0.453 e. The van der Waals surface area contributed by atoms with Crippen molar-refractivity contribution in [3.8, 4) is 0 Å². The molecule has 1 aliphatic rings. The molecule has 0 radical (unpaired) electrons. The Balaban J connectivity index is 2.39. The minimum atomic E-state index is -0.364. The van der Waals surface area contributed by atoms with Gasteiger partial charge in [0.25, 0.3) is 0 Å². The number of rotatable bonds is 2. The first kappa shape index (κ1) is 12.5. The normalized spacial score (nSPS) is 26.9. The van der Waals surface area contributed by atoms with Crippen LogP contribution in [0, 0.1) is 5.92 Å². The molecular formula is C13H12Cl2O2. The monoisotopic (exact) mass is 270 g/mol. The summed E-state index contributed by atoms with van der Waals surface area (Å²) >= 11 is 11.9. The minimum absolute atomic E-state index is 0.177. The van der Waals surface area contributed by atoms with Crippen LogP contribution in [0.4, 0.5) is 0 Å². The summed E-state index contributed by atoms with van der Waals surface area (Å²) in [6, 6.07) is 9.57. The van der Waals surface area contributed by atoms with Gasteiger partial charge in [-0.3, -0.25) is 0 Å². The first-order chi connectivity index (χ1) is 8.15. The van der Waals surface area contributed by atoms with Crippen molar-refractivity contribution in [2.45, 2.75) is 13.0 Å². The van der Waals surface area contributed by atoms with Crippen LogP contribution >= 0.6 is 23.2 Å². The molecule has 90 valence electrons. The predicted octanol–water partition coefficient (Wildman–Crippen LogP) is 3.65. The van der Waals surface area contributed by atoms with Crippen LogP contribution in [0.2, 0.25) is 0 Å².